The van der Waals surface area contributed by atoms with E-state index < -0.39 is 0 Å². The number of fused-ring (bicyclic) bond motifs is 1. The van der Waals surface area contributed by atoms with Crippen molar-refractivity contribution in [1.29, 1.82) is 0 Å². The molecule has 2 aromatic rings. The summed E-state index contributed by atoms with van der Waals surface area (Å²) in [7, 11) is 0. The standard InChI is InChI=1S/C19H21NO3S/c1-13(2)24-18-10-6-3-7-15(18)19(21)20-11-14-12-22-16-8-4-5-9-17(16)23-14/h3-10,13-14H,11-12H2,1-2H3,(H,20,21)/t14-/m0/s1. The molecule has 1 atom stereocenters. The van der Waals surface area contributed by atoms with Crippen molar-refractivity contribution in [2.24, 2.45) is 0 Å². The zero-order chi connectivity index (χ0) is 16.9. The van der Waals surface area contributed by atoms with E-state index in [1.54, 1.807) is 11.8 Å². The fraction of sp³-hybridized carbons (Fsp3) is 0.316. The normalized spacial score (nSPS) is 16.0. The van der Waals surface area contributed by atoms with Gasteiger partial charge in [-0.1, -0.05) is 38.1 Å². The van der Waals surface area contributed by atoms with Gasteiger partial charge in [-0.15, -0.1) is 11.8 Å². The van der Waals surface area contributed by atoms with Crippen molar-refractivity contribution in [2.75, 3.05) is 13.2 Å². The Balaban J connectivity index is 1.61. The number of carbonyl (C=O) groups is 1. The molecule has 0 saturated carbocycles. The maximum absolute atomic E-state index is 12.5. The molecule has 126 valence electrons. The Bertz CT molecular complexity index is 717. The molecule has 0 spiro atoms. The lowest BCUT2D eigenvalue weighted by Crippen LogP contribution is -2.40. The predicted molar refractivity (Wildman–Crippen MR) is 96.1 cm³/mol. The predicted octanol–water partition coefficient (Wildman–Crippen LogP) is 3.76. The number of ether oxygens (including phenoxy) is 2. The summed E-state index contributed by atoms with van der Waals surface area (Å²) in [5, 5.41) is 3.38. The van der Waals surface area contributed by atoms with Gasteiger partial charge in [0.15, 0.2) is 11.5 Å². The number of hydrogen-bond acceptors (Lipinski definition) is 4. The number of carbonyl (C=O) groups excluding carboxylic acids is 1. The summed E-state index contributed by atoms with van der Waals surface area (Å²) in [5.74, 6) is 1.39. The summed E-state index contributed by atoms with van der Waals surface area (Å²) in [6.45, 7) is 5.07. The van der Waals surface area contributed by atoms with Crippen LogP contribution in [-0.4, -0.2) is 30.4 Å². The van der Waals surface area contributed by atoms with Gasteiger partial charge >= 0.3 is 0 Å². The SMILES string of the molecule is CC(C)Sc1ccccc1C(=O)NC[C@H]1COc2ccccc2O1. The lowest BCUT2D eigenvalue weighted by molar-refractivity contribution is 0.0787. The van der Waals surface area contributed by atoms with E-state index in [0.29, 0.717) is 24.0 Å². The summed E-state index contributed by atoms with van der Waals surface area (Å²) in [6, 6.07) is 15.2. The molecule has 1 aliphatic rings. The maximum Gasteiger partial charge on any atom is 0.252 e. The third kappa shape index (κ3) is 4.03. The molecule has 5 heteroatoms. The van der Waals surface area contributed by atoms with E-state index in [4.69, 9.17) is 9.47 Å². The highest BCUT2D eigenvalue weighted by molar-refractivity contribution is 8.00. The molecule has 1 amide bonds. The Morgan fingerprint density at radius 3 is 2.67 bits per heavy atom. The molecule has 0 saturated heterocycles. The van der Waals surface area contributed by atoms with E-state index in [1.807, 2.05) is 48.5 Å². The van der Waals surface area contributed by atoms with Gasteiger partial charge in [0.25, 0.3) is 5.91 Å². The molecule has 24 heavy (non-hydrogen) atoms. The van der Waals surface area contributed by atoms with Gasteiger partial charge in [0, 0.05) is 10.1 Å². The van der Waals surface area contributed by atoms with Crippen LogP contribution in [0.3, 0.4) is 0 Å². The highest BCUT2D eigenvalue weighted by Gasteiger charge is 2.22. The monoisotopic (exact) mass is 343 g/mol. The summed E-state index contributed by atoms with van der Waals surface area (Å²) in [5.41, 5.74) is 0.702. The number of nitrogens with one attached hydrogen (secondary N) is 1. The largest absolute Gasteiger partial charge is 0.486 e. The molecule has 0 bridgehead atoms. The summed E-state index contributed by atoms with van der Waals surface area (Å²) < 4.78 is 11.5. The van der Waals surface area contributed by atoms with Crippen LogP contribution in [0.5, 0.6) is 11.5 Å². The number of amides is 1. The zero-order valence-corrected chi connectivity index (χ0v) is 14.6. The topological polar surface area (TPSA) is 47.6 Å². The highest BCUT2D eigenvalue weighted by atomic mass is 32.2. The molecule has 0 fully saturated rings. The second kappa shape index (κ2) is 7.62. The minimum atomic E-state index is -0.186. The average Bonchev–Trinajstić information content (AvgIpc) is 2.59. The van der Waals surface area contributed by atoms with Gasteiger partial charge in [-0.05, 0) is 24.3 Å². The van der Waals surface area contributed by atoms with E-state index in [9.17, 15) is 4.79 Å². The van der Waals surface area contributed by atoms with Gasteiger partial charge in [-0.2, -0.15) is 0 Å². The van der Waals surface area contributed by atoms with Gasteiger partial charge in [-0.3, -0.25) is 4.79 Å². The van der Waals surface area contributed by atoms with Crippen molar-refractivity contribution in [2.45, 2.75) is 30.1 Å². The third-order valence-corrected chi connectivity index (χ3v) is 4.63. The number of rotatable bonds is 5. The van der Waals surface area contributed by atoms with Gasteiger partial charge in [-0.25, -0.2) is 0 Å². The van der Waals surface area contributed by atoms with Crippen LogP contribution in [0.25, 0.3) is 0 Å². The first kappa shape index (κ1) is 16.7. The Labute approximate surface area is 146 Å². The minimum Gasteiger partial charge on any atom is -0.486 e. The molecule has 1 N–H and O–H groups in total. The molecule has 3 rings (SSSR count). The molecule has 0 aliphatic carbocycles. The summed E-state index contributed by atoms with van der Waals surface area (Å²) >= 11 is 1.69. The lowest BCUT2D eigenvalue weighted by atomic mass is 10.2. The fourth-order valence-electron chi connectivity index (χ4n) is 2.48. The lowest BCUT2D eigenvalue weighted by Gasteiger charge is -2.26. The molecule has 0 radical (unpaired) electrons. The van der Waals surface area contributed by atoms with Crippen LogP contribution in [0.15, 0.2) is 53.4 Å². The van der Waals surface area contributed by atoms with E-state index >= 15 is 0 Å². The highest BCUT2D eigenvalue weighted by Crippen LogP contribution is 2.31. The van der Waals surface area contributed by atoms with Crippen molar-refractivity contribution in [3.63, 3.8) is 0 Å². The molecular formula is C19H21NO3S. The average molecular weight is 343 g/mol. The second-order valence-corrected chi connectivity index (χ2v) is 7.49. The van der Waals surface area contributed by atoms with Crippen LogP contribution in [0.4, 0.5) is 0 Å². The Morgan fingerprint density at radius 2 is 1.88 bits per heavy atom. The van der Waals surface area contributed by atoms with Crippen molar-refractivity contribution < 1.29 is 14.3 Å². The van der Waals surface area contributed by atoms with E-state index in [2.05, 4.69) is 19.2 Å². The van der Waals surface area contributed by atoms with Gasteiger partial charge in [0.1, 0.15) is 12.7 Å². The van der Waals surface area contributed by atoms with Crippen molar-refractivity contribution >= 4 is 17.7 Å². The van der Waals surface area contributed by atoms with E-state index in [1.165, 1.54) is 0 Å². The first-order chi connectivity index (χ1) is 11.6. The Kier molecular flexibility index (Phi) is 5.30. The molecule has 1 heterocycles. The second-order valence-electron chi connectivity index (χ2n) is 5.87. The quantitative estimate of drug-likeness (QED) is 0.840. The van der Waals surface area contributed by atoms with Gasteiger partial charge < -0.3 is 14.8 Å². The van der Waals surface area contributed by atoms with Crippen LogP contribution in [-0.2, 0) is 0 Å². The van der Waals surface area contributed by atoms with Gasteiger partial charge in [0.2, 0.25) is 0 Å². The molecule has 4 nitrogen and oxygen atoms in total. The first-order valence-electron chi connectivity index (χ1n) is 8.06. The van der Waals surface area contributed by atoms with Crippen molar-refractivity contribution in [3.8, 4) is 11.5 Å². The van der Waals surface area contributed by atoms with Crippen LogP contribution < -0.4 is 14.8 Å². The van der Waals surface area contributed by atoms with E-state index in [0.717, 1.165) is 16.4 Å². The first-order valence-corrected chi connectivity index (χ1v) is 8.94. The fourth-order valence-corrected chi connectivity index (χ4v) is 3.43. The summed E-state index contributed by atoms with van der Waals surface area (Å²) in [6.07, 6.45) is -0.186. The maximum atomic E-state index is 12.5. The smallest absolute Gasteiger partial charge is 0.252 e. The van der Waals surface area contributed by atoms with Crippen LogP contribution in [0.2, 0.25) is 0 Å². The number of thioether (sulfide) groups is 1. The zero-order valence-electron chi connectivity index (χ0n) is 13.8. The molecule has 1 aliphatic heterocycles. The third-order valence-electron chi connectivity index (χ3n) is 3.55. The van der Waals surface area contributed by atoms with Gasteiger partial charge in [0.05, 0.1) is 12.1 Å². The molecule has 0 unspecified atom stereocenters. The van der Waals surface area contributed by atoms with Crippen LogP contribution >= 0.6 is 11.8 Å². The van der Waals surface area contributed by atoms with Crippen molar-refractivity contribution in [3.05, 3.63) is 54.1 Å². The summed E-state index contributed by atoms with van der Waals surface area (Å²) in [4.78, 5) is 13.5. The Hall–Kier alpha value is -2.14. The molecule has 0 aromatic heterocycles. The molecule has 2 aromatic carbocycles. The molecular weight excluding hydrogens is 322 g/mol. The van der Waals surface area contributed by atoms with E-state index in [-0.39, 0.29) is 12.0 Å². The van der Waals surface area contributed by atoms with Crippen LogP contribution in [0, 0.1) is 0 Å². The number of hydrogen-bond donors (Lipinski definition) is 1. The number of para-hydroxylation sites is 2. The van der Waals surface area contributed by atoms with Crippen LogP contribution in [0.1, 0.15) is 24.2 Å². The minimum absolute atomic E-state index is 0.0822. The Morgan fingerprint density at radius 1 is 1.17 bits per heavy atom. The van der Waals surface area contributed by atoms with Crippen molar-refractivity contribution in [1.82, 2.24) is 5.32 Å². The number of benzene rings is 2.